The first-order valence-corrected chi connectivity index (χ1v) is 12.3. The number of aromatic hydroxyl groups is 1. The number of carbonyl (C=O) groups is 1. The molecule has 3 aromatic rings. The van der Waals surface area contributed by atoms with Gasteiger partial charge < -0.3 is 28.9 Å². The number of rotatable bonds is 4. The van der Waals surface area contributed by atoms with E-state index in [2.05, 4.69) is 4.31 Å². The quantitative estimate of drug-likeness (QED) is 0.310. The summed E-state index contributed by atoms with van der Waals surface area (Å²) in [6.45, 7) is 0. The molecule has 11 nitrogen and oxygen atoms in total. The van der Waals surface area contributed by atoms with Crippen LogP contribution in [0.3, 0.4) is 0 Å². The van der Waals surface area contributed by atoms with E-state index in [4.69, 9.17) is 23.8 Å². The third-order valence-electron chi connectivity index (χ3n) is 5.10. The Bertz CT molecular complexity index is 1410. The zero-order valence-corrected chi connectivity index (χ0v) is 18.1. The molecule has 0 fully saturated rings. The number of phenolic OH excluding ortho intramolecular Hbond substituents is 1. The van der Waals surface area contributed by atoms with Crippen LogP contribution in [0.1, 0.15) is 27.0 Å². The monoisotopic (exact) mass is 492 g/mol. The van der Waals surface area contributed by atoms with Gasteiger partial charge in [-0.05, 0) is 30.3 Å². The lowest BCUT2D eigenvalue weighted by Gasteiger charge is -2.36. The lowest BCUT2D eigenvalue weighted by Crippen LogP contribution is -2.32. The molecular formula is C20H14O11P2. The van der Waals surface area contributed by atoms with Crippen LogP contribution in [0.2, 0.25) is 0 Å². The molecule has 3 aromatic carbocycles. The summed E-state index contributed by atoms with van der Waals surface area (Å²) in [5, 5.41) is 9.96. The molecule has 5 rings (SSSR count). The number of carbonyl (C=O) groups excluding carboxylic acids is 1. The first-order chi connectivity index (χ1) is 15.5. The standard InChI is InChI=1S/C20H14O11P2/c21-11-5-7-15-17(9-11)28-18-10-12(30-33(26,27)31-32(23,24)25)6-8-16(18)20(15)14-4-2-1-3-13(14)19(22)29-20/h1-10,21H,(H,26,27)(H2,23,24,25). The summed E-state index contributed by atoms with van der Waals surface area (Å²) in [4.78, 5) is 40.0. The minimum absolute atomic E-state index is 0.0475. The average Bonchev–Trinajstić information content (AvgIpc) is 2.99. The maximum absolute atomic E-state index is 12.7. The van der Waals surface area contributed by atoms with Gasteiger partial charge in [0.1, 0.15) is 23.0 Å². The predicted molar refractivity (Wildman–Crippen MR) is 110 cm³/mol. The Hall–Kier alpha value is -3.17. The van der Waals surface area contributed by atoms with E-state index in [1.165, 1.54) is 30.3 Å². The largest absolute Gasteiger partial charge is 0.536 e. The topological polar surface area (TPSA) is 169 Å². The highest BCUT2D eigenvalue weighted by Crippen LogP contribution is 2.60. The molecule has 2 atom stereocenters. The van der Waals surface area contributed by atoms with Crippen LogP contribution in [0.25, 0.3) is 0 Å². The molecule has 4 N–H and O–H groups in total. The van der Waals surface area contributed by atoms with Gasteiger partial charge in [0.2, 0.25) is 0 Å². The molecule has 2 unspecified atom stereocenters. The summed E-state index contributed by atoms with van der Waals surface area (Å²) >= 11 is 0. The van der Waals surface area contributed by atoms with Crippen molar-refractivity contribution in [3.63, 3.8) is 0 Å². The second-order valence-electron chi connectivity index (χ2n) is 7.19. The highest BCUT2D eigenvalue weighted by molar-refractivity contribution is 7.60. The molecule has 170 valence electrons. The normalized spacial score (nSPS) is 20.2. The van der Waals surface area contributed by atoms with Gasteiger partial charge in [-0.15, -0.1) is 0 Å². The van der Waals surface area contributed by atoms with Crippen LogP contribution in [0.4, 0.5) is 0 Å². The summed E-state index contributed by atoms with van der Waals surface area (Å²) < 4.78 is 43.2. The number of phenols is 1. The van der Waals surface area contributed by atoms with Gasteiger partial charge in [0.15, 0.2) is 5.60 Å². The molecule has 0 aliphatic carbocycles. The summed E-state index contributed by atoms with van der Waals surface area (Å²) in [7, 11) is -10.5. The van der Waals surface area contributed by atoms with Crippen LogP contribution in [0, 0.1) is 0 Å². The molecule has 0 saturated carbocycles. The second-order valence-corrected chi connectivity index (χ2v) is 9.94. The Labute approximate surface area is 185 Å². The summed E-state index contributed by atoms with van der Waals surface area (Å²) in [5.74, 6) is -0.807. The van der Waals surface area contributed by atoms with E-state index >= 15 is 0 Å². The molecule has 2 aliphatic heterocycles. The van der Waals surface area contributed by atoms with Crippen LogP contribution in [0.15, 0.2) is 60.7 Å². The molecule has 0 amide bonds. The van der Waals surface area contributed by atoms with Crippen molar-refractivity contribution in [1.82, 2.24) is 0 Å². The number of phosphoric ester groups is 1. The number of benzene rings is 3. The van der Waals surface area contributed by atoms with E-state index in [1.807, 2.05) is 0 Å². The maximum Gasteiger partial charge on any atom is 0.536 e. The Morgan fingerprint density at radius 3 is 2.24 bits per heavy atom. The summed E-state index contributed by atoms with van der Waals surface area (Å²) in [6, 6.07) is 14.9. The molecule has 33 heavy (non-hydrogen) atoms. The zero-order valence-electron chi connectivity index (χ0n) is 16.3. The fourth-order valence-electron chi connectivity index (χ4n) is 3.99. The third kappa shape index (κ3) is 3.61. The molecule has 0 bridgehead atoms. The fraction of sp³-hybridized carbons (Fsp3) is 0.0500. The van der Waals surface area contributed by atoms with Crippen molar-refractivity contribution in [3.8, 4) is 23.0 Å². The van der Waals surface area contributed by atoms with Crippen molar-refractivity contribution in [2.24, 2.45) is 0 Å². The highest BCUT2D eigenvalue weighted by Gasteiger charge is 2.53. The minimum atomic E-state index is -5.32. The molecule has 0 radical (unpaired) electrons. The molecular weight excluding hydrogens is 478 g/mol. The van der Waals surface area contributed by atoms with Crippen LogP contribution in [-0.4, -0.2) is 25.8 Å². The SMILES string of the molecule is O=C1OC2(c3ccc(O)cc3Oc3cc(OP(=O)(O)OP(=O)(O)O)ccc32)c2ccccc21. The van der Waals surface area contributed by atoms with Gasteiger partial charge in [-0.3, -0.25) is 4.89 Å². The highest BCUT2D eigenvalue weighted by atomic mass is 31.3. The van der Waals surface area contributed by atoms with E-state index in [0.717, 1.165) is 0 Å². The number of esters is 1. The van der Waals surface area contributed by atoms with Crippen molar-refractivity contribution >= 4 is 21.6 Å². The van der Waals surface area contributed by atoms with E-state index in [0.29, 0.717) is 22.3 Å². The predicted octanol–water partition coefficient (Wildman–Crippen LogP) is 3.55. The van der Waals surface area contributed by atoms with Crippen molar-refractivity contribution in [3.05, 3.63) is 82.9 Å². The van der Waals surface area contributed by atoms with Gasteiger partial charge in [-0.2, -0.15) is 4.31 Å². The number of hydrogen-bond acceptors (Lipinski definition) is 8. The zero-order chi connectivity index (χ0) is 23.6. The Balaban J connectivity index is 1.67. The third-order valence-corrected chi connectivity index (χ3v) is 7.22. The number of fused-ring (bicyclic) bond motifs is 6. The first-order valence-electron chi connectivity index (χ1n) is 9.26. The Morgan fingerprint density at radius 2 is 1.52 bits per heavy atom. The van der Waals surface area contributed by atoms with Crippen molar-refractivity contribution in [2.75, 3.05) is 0 Å². The van der Waals surface area contributed by atoms with Gasteiger partial charge >= 0.3 is 21.6 Å². The van der Waals surface area contributed by atoms with E-state index in [1.54, 1.807) is 30.3 Å². The second kappa shape index (κ2) is 7.16. The van der Waals surface area contributed by atoms with Gasteiger partial charge in [0, 0.05) is 28.8 Å². The van der Waals surface area contributed by atoms with Crippen LogP contribution in [0.5, 0.6) is 23.0 Å². The van der Waals surface area contributed by atoms with E-state index in [-0.39, 0.29) is 23.0 Å². The molecule has 2 aliphatic rings. The number of hydrogen-bond donors (Lipinski definition) is 4. The number of ether oxygens (including phenoxy) is 2. The van der Waals surface area contributed by atoms with Gasteiger partial charge in [-0.1, -0.05) is 18.2 Å². The fourth-order valence-corrected chi connectivity index (χ4v) is 5.57. The van der Waals surface area contributed by atoms with Crippen molar-refractivity contribution < 1.29 is 52.0 Å². The van der Waals surface area contributed by atoms with Crippen molar-refractivity contribution in [2.45, 2.75) is 5.60 Å². The molecule has 0 saturated heterocycles. The van der Waals surface area contributed by atoms with Gasteiger partial charge in [-0.25, -0.2) is 13.9 Å². The van der Waals surface area contributed by atoms with Gasteiger partial charge in [0.05, 0.1) is 5.56 Å². The summed E-state index contributed by atoms with van der Waals surface area (Å²) in [6.07, 6.45) is 0. The molecule has 1 spiro atoms. The Morgan fingerprint density at radius 1 is 0.848 bits per heavy atom. The van der Waals surface area contributed by atoms with Crippen molar-refractivity contribution in [1.29, 1.82) is 0 Å². The molecule has 0 aromatic heterocycles. The minimum Gasteiger partial charge on any atom is -0.508 e. The van der Waals surface area contributed by atoms with E-state index in [9.17, 15) is 23.9 Å². The number of phosphoric acid groups is 2. The van der Waals surface area contributed by atoms with Crippen LogP contribution in [-0.2, 0) is 23.8 Å². The summed E-state index contributed by atoms with van der Waals surface area (Å²) in [5.41, 5.74) is 0.221. The van der Waals surface area contributed by atoms with Crippen LogP contribution >= 0.6 is 15.6 Å². The Kier molecular flexibility index (Phi) is 4.70. The average molecular weight is 492 g/mol. The van der Waals surface area contributed by atoms with E-state index < -0.39 is 27.2 Å². The van der Waals surface area contributed by atoms with Crippen LogP contribution < -0.4 is 9.26 Å². The molecule has 13 heteroatoms. The maximum atomic E-state index is 12.7. The lowest BCUT2D eigenvalue weighted by molar-refractivity contribution is 0.0224. The lowest BCUT2D eigenvalue weighted by atomic mass is 9.77. The smallest absolute Gasteiger partial charge is 0.508 e. The van der Waals surface area contributed by atoms with Gasteiger partial charge in [0.25, 0.3) is 0 Å². The first kappa shape index (κ1) is 21.7. The molecule has 2 heterocycles.